The van der Waals surface area contributed by atoms with E-state index >= 15 is 0 Å². The van der Waals surface area contributed by atoms with E-state index in [1.807, 2.05) is 24.3 Å². The van der Waals surface area contributed by atoms with Gasteiger partial charge in [0.05, 0.1) is 5.60 Å². The van der Waals surface area contributed by atoms with E-state index < -0.39 is 5.60 Å². The Morgan fingerprint density at radius 1 is 1.21 bits per heavy atom. The minimum absolute atomic E-state index is 0.629. The lowest BCUT2D eigenvalue weighted by Crippen LogP contribution is -2.25. The monoisotopic (exact) mass is 272 g/mol. The minimum Gasteiger partial charge on any atom is -0.385 e. The van der Waals surface area contributed by atoms with Crippen LogP contribution in [0.3, 0.4) is 0 Å². The van der Waals surface area contributed by atoms with Crippen LogP contribution in [-0.2, 0) is 18.4 Å². The molecule has 0 heterocycles. The Kier molecular flexibility index (Phi) is 3.12. The Morgan fingerprint density at radius 2 is 2.05 bits per heavy atom. The largest absolute Gasteiger partial charge is 0.385 e. The van der Waals surface area contributed by atoms with Gasteiger partial charge in [0.25, 0.3) is 0 Å². The van der Waals surface area contributed by atoms with E-state index in [9.17, 15) is 5.11 Å². The van der Waals surface area contributed by atoms with E-state index in [0.717, 1.165) is 29.0 Å². The van der Waals surface area contributed by atoms with Crippen molar-refractivity contribution in [3.05, 3.63) is 69.7 Å². The average Bonchev–Trinajstić information content (AvgIpc) is 2.67. The van der Waals surface area contributed by atoms with Crippen molar-refractivity contribution in [2.24, 2.45) is 0 Å². The van der Waals surface area contributed by atoms with Crippen molar-refractivity contribution < 1.29 is 5.11 Å². The first-order chi connectivity index (χ1) is 9.07. The van der Waals surface area contributed by atoms with E-state index in [1.54, 1.807) is 0 Å². The van der Waals surface area contributed by atoms with Crippen LogP contribution in [-0.4, -0.2) is 5.11 Å². The second kappa shape index (κ2) is 4.66. The van der Waals surface area contributed by atoms with Gasteiger partial charge in [-0.3, -0.25) is 0 Å². The maximum atomic E-state index is 11.0. The number of hydrogen-bond donors (Lipinski definition) is 1. The maximum absolute atomic E-state index is 11.0. The molecule has 0 saturated heterocycles. The zero-order chi connectivity index (χ0) is 13.5. The van der Waals surface area contributed by atoms with E-state index in [-0.39, 0.29) is 0 Å². The highest BCUT2D eigenvalue weighted by atomic mass is 35.5. The molecule has 1 N–H and O–H groups in total. The van der Waals surface area contributed by atoms with Gasteiger partial charge in [-0.1, -0.05) is 47.5 Å². The molecule has 0 spiro atoms. The molecule has 1 aliphatic rings. The van der Waals surface area contributed by atoms with Crippen molar-refractivity contribution in [1.29, 1.82) is 0 Å². The molecule has 0 aliphatic heterocycles. The predicted octanol–water partition coefficient (Wildman–Crippen LogP) is 4.02. The van der Waals surface area contributed by atoms with Gasteiger partial charge in [0.2, 0.25) is 0 Å². The Balaban J connectivity index is 1.96. The number of halogens is 1. The number of hydrogen-bond acceptors (Lipinski definition) is 1. The topological polar surface area (TPSA) is 20.2 Å². The predicted molar refractivity (Wildman–Crippen MR) is 78.6 cm³/mol. The Labute approximate surface area is 118 Å². The van der Waals surface area contributed by atoms with Gasteiger partial charge in [0.15, 0.2) is 0 Å². The van der Waals surface area contributed by atoms with Crippen LogP contribution in [0.2, 0.25) is 5.02 Å². The zero-order valence-electron chi connectivity index (χ0n) is 11.0. The number of aliphatic hydroxyl groups is 1. The Morgan fingerprint density at radius 3 is 2.84 bits per heavy atom. The second-order valence-electron chi connectivity index (χ2n) is 5.50. The van der Waals surface area contributed by atoms with E-state index in [0.29, 0.717) is 6.42 Å². The molecule has 1 nitrogen and oxygen atoms in total. The Bertz CT molecular complexity index is 620. The summed E-state index contributed by atoms with van der Waals surface area (Å²) in [5.41, 5.74) is 3.91. The maximum Gasteiger partial charge on any atom is 0.0942 e. The Hall–Kier alpha value is -1.31. The molecular formula is C17H17ClO. The summed E-state index contributed by atoms with van der Waals surface area (Å²) in [6.07, 6.45) is 2.37. The van der Waals surface area contributed by atoms with Crippen molar-refractivity contribution in [2.45, 2.75) is 31.8 Å². The fraction of sp³-hybridized carbons (Fsp3) is 0.294. The van der Waals surface area contributed by atoms with Crippen LogP contribution in [0, 0.1) is 6.92 Å². The standard InChI is InChI=1S/C17H17ClO/c1-12-5-6-14-7-8-17(19,16(14)9-12)11-13-3-2-4-15(18)10-13/h2-6,9-10,19H,7-8,11H2,1H3. The third-order valence-corrected chi connectivity index (χ3v) is 4.20. The van der Waals surface area contributed by atoms with E-state index in [4.69, 9.17) is 11.6 Å². The summed E-state index contributed by atoms with van der Waals surface area (Å²) in [5.74, 6) is 0. The summed E-state index contributed by atoms with van der Waals surface area (Å²) in [7, 11) is 0. The van der Waals surface area contributed by atoms with Crippen molar-refractivity contribution in [1.82, 2.24) is 0 Å². The molecule has 1 unspecified atom stereocenters. The van der Waals surface area contributed by atoms with Crippen LogP contribution in [0.1, 0.15) is 28.7 Å². The third-order valence-electron chi connectivity index (χ3n) is 3.96. The quantitative estimate of drug-likeness (QED) is 0.875. The zero-order valence-corrected chi connectivity index (χ0v) is 11.7. The molecule has 0 amide bonds. The molecule has 0 bridgehead atoms. The molecule has 0 aromatic heterocycles. The van der Waals surface area contributed by atoms with Gasteiger partial charge in [-0.15, -0.1) is 0 Å². The SMILES string of the molecule is Cc1ccc2c(c1)C(O)(Cc1cccc(Cl)c1)CC2. The first-order valence-electron chi connectivity index (χ1n) is 6.64. The van der Waals surface area contributed by atoms with Gasteiger partial charge in [0.1, 0.15) is 0 Å². The van der Waals surface area contributed by atoms with Crippen LogP contribution in [0.15, 0.2) is 42.5 Å². The fourth-order valence-electron chi connectivity index (χ4n) is 2.99. The lowest BCUT2D eigenvalue weighted by atomic mass is 9.88. The van der Waals surface area contributed by atoms with Crippen LogP contribution < -0.4 is 0 Å². The number of fused-ring (bicyclic) bond motifs is 1. The van der Waals surface area contributed by atoms with Gasteiger partial charge in [-0.05, 0) is 48.6 Å². The summed E-state index contributed by atoms with van der Waals surface area (Å²) in [6, 6.07) is 14.1. The van der Waals surface area contributed by atoms with Crippen molar-refractivity contribution in [2.75, 3.05) is 0 Å². The second-order valence-corrected chi connectivity index (χ2v) is 5.94. The molecule has 19 heavy (non-hydrogen) atoms. The van der Waals surface area contributed by atoms with Crippen molar-refractivity contribution in [3.63, 3.8) is 0 Å². The fourth-order valence-corrected chi connectivity index (χ4v) is 3.20. The summed E-state index contributed by atoms with van der Waals surface area (Å²) in [5, 5.41) is 11.7. The first-order valence-corrected chi connectivity index (χ1v) is 7.01. The highest BCUT2D eigenvalue weighted by molar-refractivity contribution is 6.30. The summed E-state index contributed by atoms with van der Waals surface area (Å²) >= 11 is 6.02. The molecule has 3 rings (SSSR count). The van der Waals surface area contributed by atoms with Gasteiger partial charge >= 0.3 is 0 Å². The molecule has 2 heteroatoms. The normalized spacial score (nSPS) is 21.4. The van der Waals surface area contributed by atoms with Crippen LogP contribution in [0.25, 0.3) is 0 Å². The lowest BCUT2D eigenvalue weighted by molar-refractivity contribution is 0.0389. The number of benzene rings is 2. The molecule has 0 saturated carbocycles. The molecule has 0 fully saturated rings. The smallest absolute Gasteiger partial charge is 0.0942 e. The van der Waals surface area contributed by atoms with Crippen LogP contribution >= 0.6 is 11.6 Å². The molecular weight excluding hydrogens is 256 g/mol. The molecule has 98 valence electrons. The number of aryl methyl sites for hydroxylation is 2. The van der Waals surface area contributed by atoms with Crippen molar-refractivity contribution in [3.8, 4) is 0 Å². The van der Waals surface area contributed by atoms with Gasteiger partial charge in [0, 0.05) is 11.4 Å². The van der Waals surface area contributed by atoms with Crippen LogP contribution in [0.4, 0.5) is 0 Å². The van der Waals surface area contributed by atoms with E-state index in [2.05, 4.69) is 25.1 Å². The van der Waals surface area contributed by atoms with E-state index in [1.165, 1.54) is 11.1 Å². The molecule has 0 radical (unpaired) electrons. The highest BCUT2D eigenvalue weighted by Crippen LogP contribution is 2.40. The minimum atomic E-state index is -0.744. The van der Waals surface area contributed by atoms with Crippen molar-refractivity contribution >= 4 is 11.6 Å². The third kappa shape index (κ3) is 2.41. The molecule has 2 aromatic rings. The van der Waals surface area contributed by atoms with Gasteiger partial charge in [-0.25, -0.2) is 0 Å². The number of rotatable bonds is 2. The molecule has 1 aliphatic carbocycles. The average molecular weight is 273 g/mol. The lowest BCUT2D eigenvalue weighted by Gasteiger charge is -2.24. The van der Waals surface area contributed by atoms with Crippen LogP contribution in [0.5, 0.6) is 0 Å². The molecule has 2 aromatic carbocycles. The summed E-state index contributed by atoms with van der Waals surface area (Å²) < 4.78 is 0. The van der Waals surface area contributed by atoms with Gasteiger partial charge < -0.3 is 5.11 Å². The summed E-state index contributed by atoms with van der Waals surface area (Å²) in [4.78, 5) is 0. The molecule has 1 atom stereocenters. The van der Waals surface area contributed by atoms with Gasteiger partial charge in [-0.2, -0.15) is 0 Å². The summed E-state index contributed by atoms with van der Waals surface area (Å²) in [6.45, 7) is 2.07. The first kappa shape index (κ1) is 12.7. The highest BCUT2D eigenvalue weighted by Gasteiger charge is 2.36.